The average molecular weight is 303 g/mol. The molecule has 0 atom stereocenters. The summed E-state index contributed by atoms with van der Waals surface area (Å²) in [6, 6.07) is 1.55. The molecule has 0 fully saturated rings. The number of nitro groups is 1. The van der Waals surface area contributed by atoms with Gasteiger partial charge in [-0.25, -0.2) is 4.98 Å². The second-order valence-electron chi connectivity index (χ2n) is 2.91. The van der Waals surface area contributed by atoms with Crippen molar-refractivity contribution in [1.82, 2.24) is 9.55 Å². The minimum absolute atomic E-state index is 0.0293. The number of halogens is 1. The summed E-state index contributed by atoms with van der Waals surface area (Å²) in [5.41, 5.74) is 0.793. The van der Waals surface area contributed by atoms with Gasteiger partial charge < -0.3 is 4.57 Å². The van der Waals surface area contributed by atoms with E-state index in [0.717, 1.165) is 14.6 Å². The molecule has 0 N–H and O–H groups in total. The lowest BCUT2D eigenvalue weighted by Crippen LogP contribution is -1.91. The quantitative estimate of drug-likeness (QED) is 0.460. The van der Waals surface area contributed by atoms with E-state index in [1.807, 2.05) is 17.8 Å². The van der Waals surface area contributed by atoms with E-state index in [1.54, 1.807) is 6.07 Å². The van der Waals surface area contributed by atoms with Crippen LogP contribution in [0.2, 0.25) is 0 Å². The number of hydrogen-bond acceptors (Lipinski definition) is 3. The summed E-state index contributed by atoms with van der Waals surface area (Å²) in [5, 5.41) is 11.3. The second kappa shape index (κ2) is 3.19. The molecule has 6 heteroatoms. The zero-order valence-corrected chi connectivity index (χ0v) is 9.43. The van der Waals surface area contributed by atoms with Gasteiger partial charge in [-0.2, -0.15) is 0 Å². The van der Waals surface area contributed by atoms with E-state index in [0.29, 0.717) is 0 Å². The molecule has 2 rings (SSSR count). The highest BCUT2D eigenvalue weighted by molar-refractivity contribution is 14.1. The van der Waals surface area contributed by atoms with Gasteiger partial charge in [0.05, 0.1) is 4.92 Å². The SMILES string of the molecule is Cn1cc(I)c2cc([N+](=O)[O-])cnc21. The largest absolute Gasteiger partial charge is 0.334 e. The predicted molar refractivity (Wildman–Crippen MR) is 60.1 cm³/mol. The van der Waals surface area contributed by atoms with Crippen LogP contribution < -0.4 is 0 Å². The maximum absolute atomic E-state index is 10.5. The van der Waals surface area contributed by atoms with Crippen molar-refractivity contribution in [1.29, 1.82) is 0 Å². The fourth-order valence-electron chi connectivity index (χ4n) is 1.30. The molecule has 2 aromatic rings. The van der Waals surface area contributed by atoms with Gasteiger partial charge in [0.15, 0.2) is 0 Å². The molecule has 0 spiro atoms. The summed E-state index contributed by atoms with van der Waals surface area (Å²) < 4.78 is 2.82. The molecule has 0 saturated carbocycles. The van der Waals surface area contributed by atoms with Crippen molar-refractivity contribution in [3.05, 3.63) is 32.1 Å². The van der Waals surface area contributed by atoms with Gasteiger partial charge in [-0.1, -0.05) is 0 Å². The highest BCUT2D eigenvalue weighted by Crippen LogP contribution is 2.23. The van der Waals surface area contributed by atoms with Crippen LogP contribution in [0, 0.1) is 13.7 Å². The smallest absolute Gasteiger partial charge is 0.288 e. The van der Waals surface area contributed by atoms with Crippen LogP contribution in [0.4, 0.5) is 5.69 Å². The van der Waals surface area contributed by atoms with E-state index < -0.39 is 4.92 Å². The molecular weight excluding hydrogens is 297 g/mol. The zero-order valence-electron chi connectivity index (χ0n) is 7.27. The molecular formula is C8H6IN3O2. The van der Waals surface area contributed by atoms with E-state index in [1.165, 1.54) is 6.20 Å². The van der Waals surface area contributed by atoms with Crippen molar-refractivity contribution in [3.8, 4) is 0 Å². The van der Waals surface area contributed by atoms with Gasteiger partial charge in [0.1, 0.15) is 11.8 Å². The van der Waals surface area contributed by atoms with Crippen LogP contribution in [0.15, 0.2) is 18.5 Å². The van der Waals surface area contributed by atoms with E-state index in [9.17, 15) is 10.1 Å². The van der Waals surface area contributed by atoms with Crippen LogP contribution in [-0.4, -0.2) is 14.5 Å². The van der Waals surface area contributed by atoms with E-state index in [-0.39, 0.29) is 5.69 Å². The Labute approximate surface area is 93.0 Å². The second-order valence-corrected chi connectivity index (χ2v) is 4.07. The third kappa shape index (κ3) is 1.35. The number of rotatable bonds is 1. The monoisotopic (exact) mass is 303 g/mol. The number of pyridine rings is 1. The molecule has 0 radical (unpaired) electrons. The van der Waals surface area contributed by atoms with Gasteiger partial charge >= 0.3 is 0 Å². The highest BCUT2D eigenvalue weighted by atomic mass is 127. The molecule has 0 unspecified atom stereocenters. The molecule has 0 bridgehead atoms. The van der Waals surface area contributed by atoms with Crippen molar-refractivity contribution in [2.24, 2.45) is 7.05 Å². The van der Waals surface area contributed by atoms with Gasteiger partial charge in [-0.05, 0) is 22.6 Å². The van der Waals surface area contributed by atoms with Crippen LogP contribution in [0.5, 0.6) is 0 Å². The van der Waals surface area contributed by atoms with Gasteiger partial charge in [-0.3, -0.25) is 10.1 Å². The van der Waals surface area contributed by atoms with Crippen LogP contribution in [0.3, 0.4) is 0 Å². The lowest BCUT2D eigenvalue weighted by molar-refractivity contribution is -0.385. The molecule has 0 aromatic carbocycles. The first kappa shape index (κ1) is 9.38. The number of nitrogens with zero attached hydrogens (tertiary/aromatic N) is 3. The Morgan fingerprint density at radius 3 is 3.00 bits per heavy atom. The Morgan fingerprint density at radius 2 is 2.36 bits per heavy atom. The summed E-state index contributed by atoms with van der Waals surface area (Å²) >= 11 is 2.14. The molecule has 0 aliphatic rings. The molecule has 14 heavy (non-hydrogen) atoms. The van der Waals surface area contributed by atoms with E-state index in [2.05, 4.69) is 27.6 Å². The minimum atomic E-state index is -0.435. The van der Waals surface area contributed by atoms with Crippen LogP contribution in [0.1, 0.15) is 0 Å². The third-order valence-corrected chi connectivity index (χ3v) is 2.82. The van der Waals surface area contributed by atoms with E-state index >= 15 is 0 Å². The van der Waals surface area contributed by atoms with Gasteiger partial charge in [0, 0.05) is 28.3 Å². The molecule has 0 saturated heterocycles. The fraction of sp³-hybridized carbons (Fsp3) is 0.125. The average Bonchev–Trinajstić information content (AvgIpc) is 2.42. The Bertz CT molecular complexity index is 521. The summed E-state index contributed by atoms with van der Waals surface area (Å²) in [4.78, 5) is 14.1. The topological polar surface area (TPSA) is 61.0 Å². The normalized spacial score (nSPS) is 10.7. The van der Waals surface area contributed by atoms with Crippen molar-refractivity contribution in [2.75, 3.05) is 0 Å². The number of aromatic nitrogens is 2. The van der Waals surface area contributed by atoms with Crippen LogP contribution >= 0.6 is 22.6 Å². The third-order valence-electron chi connectivity index (χ3n) is 1.96. The summed E-state index contributed by atoms with van der Waals surface area (Å²) in [5.74, 6) is 0. The maximum atomic E-state index is 10.5. The molecule has 2 aromatic heterocycles. The summed E-state index contributed by atoms with van der Waals surface area (Å²) in [7, 11) is 1.86. The molecule has 0 aliphatic carbocycles. The first-order chi connectivity index (χ1) is 6.59. The minimum Gasteiger partial charge on any atom is -0.334 e. The molecule has 5 nitrogen and oxygen atoms in total. The maximum Gasteiger partial charge on any atom is 0.288 e. The van der Waals surface area contributed by atoms with Crippen molar-refractivity contribution in [2.45, 2.75) is 0 Å². The van der Waals surface area contributed by atoms with Crippen LogP contribution in [0.25, 0.3) is 11.0 Å². The van der Waals surface area contributed by atoms with Crippen LogP contribution in [-0.2, 0) is 7.05 Å². The van der Waals surface area contributed by atoms with Crippen molar-refractivity contribution in [3.63, 3.8) is 0 Å². The number of hydrogen-bond donors (Lipinski definition) is 0. The van der Waals surface area contributed by atoms with Crippen molar-refractivity contribution < 1.29 is 4.92 Å². The molecule has 2 heterocycles. The summed E-state index contributed by atoms with van der Waals surface area (Å²) in [6.45, 7) is 0. The molecule has 0 amide bonds. The van der Waals surface area contributed by atoms with Gasteiger partial charge in [-0.15, -0.1) is 0 Å². The number of aryl methyl sites for hydroxylation is 1. The Kier molecular flexibility index (Phi) is 2.14. The Balaban J connectivity index is 2.77. The lowest BCUT2D eigenvalue weighted by Gasteiger charge is -1.94. The zero-order chi connectivity index (χ0) is 10.3. The first-order valence-electron chi connectivity index (χ1n) is 3.84. The highest BCUT2D eigenvalue weighted by Gasteiger charge is 2.11. The lowest BCUT2D eigenvalue weighted by atomic mass is 10.3. The summed E-state index contributed by atoms with van der Waals surface area (Å²) in [6.07, 6.45) is 3.17. The van der Waals surface area contributed by atoms with Gasteiger partial charge in [0.25, 0.3) is 5.69 Å². The van der Waals surface area contributed by atoms with E-state index in [4.69, 9.17) is 0 Å². The standard InChI is InChI=1S/C8H6IN3O2/c1-11-4-7(9)6-2-5(12(13)14)3-10-8(6)11/h2-4H,1H3. The molecule has 72 valence electrons. The Hall–Kier alpha value is -1.18. The number of fused-ring (bicyclic) bond motifs is 1. The fourth-order valence-corrected chi connectivity index (χ4v) is 2.12. The van der Waals surface area contributed by atoms with Crippen molar-refractivity contribution >= 4 is 39.3 Å². The Morgan fingerprint density at radius 1 is 1.64 bits per heavy atom. The first-order valence-corrected chi connectivity index (χ1v) is 4.92. The molecule has 0 aliphatic heterocycles. The van der Waals surface area contributed by atoms with Gasteiger partial charge in [0.2, 0.25) is 0 Å². The predicted octanol–water partition coefficient (Wildman–Crippen LogP) is 2.09.